The monoisotopic (exact) mass is 1260 g/mol. The van der Waals surface area contributed by atoms with E-state index in [9.17, 15) is 0 Å². The fraction of sp³-hybridized carbons (Fsp3) is 0.500. The van der Waals surface area contributed by atoms with Gasteiger partial charge in [0.2, 0.25) is 0 Å². The Morgan fingerprint density at radius 3 is 0.959 bits per heavy atom. The minimum Gasteiger partial charge on any atom is -0.402 e. The van der Waals surface area contributed by atoms with Crippen molar-refractivity contribution in [3.05, 3.63) is 138 Å². The molecule has 6 aromatic heterocycles. The number of hydrogen-bond acceptors (Lipinski definition) is 12. The minimum absolute atomic E-state index is 0. The topological polar surface area (TPSA) is 225 Å². The Hall–Kier alpha value is -3.43. The average molecular weight is 1260 g/mol. The van der Waals surface area contributed by atoms with Crippen molar-refractivity contribution in [2.24, 2.45) is 34.0 Å². The predicted molar refractivity (Wildman–Crippen MR) is 285 cm³/mol. The predicted octanol–water partition coefficient (Wildman–Crippen LogP) is 12.0. The van der Waals surface area contributed by atoms with Crippen LogP contribution in [0.25, 0.3) is 34.2 Å². The van der Waals surface area contributed by atoms with Gasteiger partial charge in [-0.15, -0.1) is 69.6 Å². The Bertz CT molecular complexity index is 2600. The van der Waals surface area contributed by atoms with Gasteiger partial charge in [-0.1, -0.05) is 41.5 Å². The first kappa shape index (κ1) is 58.8. The second-order valence-electron chi connectivity index (χ2n) is 20.7. The first-order valence-electron chi connectivity index (χ1n) is 23.4. The van der Waals surface area contributed by atoms with Crippen molar-refractivity contribution < 1.29 is 48.8 Å². The number of pyridine rings is 3. The second kappa shape index (κ2) is 24.3. The van der Waals surface area contributed by atoms with Crippen LogP contribution in [0.5, 0.6) is 0 Å². The maximum Gasteiger partial charge on any atom is 3.00 e. The number of hydrogen-bond donors (Lipinski definition) is 0. The summed E-state index contributed by atoms with van der Waals surface area (Å²) in [6, 6.07) is 13.1. The molecule has 9 aliphatic rings. The summed E-state index contributed by atoms with van der Waals surface area (Å²) < 4.78 is 6.11. The minimum atomic E-state index is -1.75. The summed E-state index contributed by atoms with van der Waals surface area (Å²) in [6.45, 7) is 14.5. The van der Waals surface area contributed by atoms with Crippen LogP contribution in [-0.4, -0.2) is 77.3 Å². The van der Waals surface area contributed by atoms with E-state index in [1.54, 1.807) is 0 Å². The quantitative estimate of drug-likeness (QED) is 0.0657. The molecule has 6 bridgehead atoms. The molecule has 0 N–H and O–H groups in total. The molecule has 0 unspecified atom stereocenters. The number of aromatic nitrogens is 9. The molecule has 73 heavy (non-hydrogen) atoms. The van der Waals surface area contributed by atoms with Gasteiger partial charge in [-0.05, 0) is 179 Å². The Morgan fingerprint density at radius 2 is 0.740 bits per heavy atom. The summed E-state index contributed by atoms with van der Waals surface area (Å²) >= 11 is 28.6. The summed E-state index contributed by atoms with van der Waals surface area (Å²) in [5, 5.41) is 45.7. The Balaban J connectivity index is 0.000000428. The molecule has 392 valence electrons. The van der Waals surface area contributed by atoms with Gasteiger partial charge in [0.1, 0.15) is 17.1 Å². The van der Waals surface area contributed by atoms with Crippen LogP contribution >= 0.6 is 69.6 Å². The van der Waals surface area contributed by atoms with Gasteiger partial charge in [-0.3, -0.25) is 15.0 Å². The van der Waals surface area contributed by atoms with E-state index in [0.717, 1.165) is 71.2 Å². The molecule has 6 atom stereocenters. The molecule has 15 rings (SSSR count). The Morgan fingerprint density at radius 1 is 0.507 bits per heavy atom. The number of halogens is 6. The first-order valence-corrected chi connectivity index (χ1v) is 26.6. The zero-order valence-corrected chi connectivity index (χ0v) is 47.6. The molecule has 9 aliphatic carbocycles. The number of alkyl halides is 6. The standard InChI is InChI=1S/C45H49BN9.3CH2Cl2.2NO3.Tb/c1-43(2)28-13-25-16-40(47-22-31(25)34(43)19-28)37-7-10-53(50-37)46(54-11-8-38(51-54)41-17-26-14-29-20-35(44(29,3)4)32(26)23-48-41)55-12-9-39(52-55)42-18-27-15-30-21-36(45(30,5)6)33(27)24-49-42;3*2-1-3;2*2-1(3)4;/h7-12,16-18,22-24,28-30,34-36,46H,13-15,19-21H2,1-6H3;3*1H2;;;/q-1;;;;2*-1;+3/t28-,29-,30-,34-,35-,36-;;;;;;/m0....../s1. The van der Waals surface area contributed by atoms with Gasteiger partial charge in [0.05, 0.1) is 43.3 Å². The fourth-order valence-corrected chi connectivity index (χ4v) is 12.3. The molecule has 17 nitrogen and oxygen atoms in total. The third kappa shape index (κ3) is 12.1. The van der Waals surface area contributed by atoms with Gasteiger partial charge < -0.3 is 44.4 Å². The van der Waals surface area contributed by atoms with E-state index in [1.165, 1.54) is 52.6 Å². The van der Waals surface area contributed by atoms with Crippen molar-refractivity contribution in [3.8, 4) is 34.2 Å². The SMILES string of the molecule is CC1(C)[C@H]2Cc3cc(-c4ccn([BH-](n5ccc(-c6cc7c(cn6)[C@@H]6C[C@H](C7)C6(C)C)n5)n5ccc(-c6cc7c(cn6)[C@@H]6C[C@H](C7)C6(C)C)n5)n4)ncc3[C@@H]1C2.ClCCl.ClCCl.ClCCl.O=[N+]([O-])[O-].O=[N+]([O-])[O-].[Tb+3]. The van der Waals surface area contributed by atoms with Crippen LogP contribution < -0.4 is 0 Å². The third-order valence-electron chi connectivity index (χ3n) is 16.6. The molecule has 0 radical (unpaired) electrons. The van der Waals surface area contributed by atoms with Gasteiger partial charge in [-0.2, -0.15) is 0 Å². The van der Waals surface area contributed by atoms with E-state index in [-0.39, 0.29) is 54.6 Å². The molecule has 0 aromatic carbocycles. The molecular weight excluding hydrogens is 1210 g/mol. The maximum atomic E-state index is 8.25. The molecule has 6 heterocycles. The van der Waals surface area contributed by atoms with Crippen LogP contribution in [-0.2, 0) is 19.3 Å². The normalized spacial score (nSPS) is 22.5. The van der Waals surface area contributed by atoms with Gasteiger partial charge in [-0.25, -0.2) is 15.3 Å². The van der Waals surface area contributed by atoms with Crippen LogP contribution in [0.2, 0.25) is 0 Å². The fourth-order valence-electron chi connectivity index (χ4n) is 12.3. The third-order valence-corrected chi connectivity index (χ3v) is 16.6. The van der Waals surface area contributed by atoms with Crippen molar-refractivity contribution in [3.63, 3.8) is 0 Å². The largest absolute Gasteiger partial charge is 3.00 e. The maximum absolute atomic E-state index is 8.25. The Labute approximate surface area is 484 Å². The summed E-state index contributed by atoms with van der Waals surface area (Å²) in [5.41, 5.74) is 15.1. The van der Waals surface area contributed by atoms with Crippen LogP contribution in [0.1, 0.15) is 112 Å². The number of rotatable bonds is 6. The Kier molecular flexibility index (Phi) is 19.6. The van der Waals surface area contributed by atoms with Crippen molar-refractivity contribution in [2.45, 2.75) is 97.8 Å². The van der Waals surface area contributed by atoms with Crippen molar-refractivity contribution >= 4 is 76.7 Å². The summed E-state index contributed by atoms with van der Waals surface area (Å²) in [4.78, 5) is 31.5. The van der Waals surface area contributed by atoms with Gasteiger partial charge in [0, 0.05) is 18.6 Å². The zero-order chi connectivity index (χ0) is 52.4. The molecule has 3 fully saturated rings. The molecule has 25 heteroatoms. The van der Waals surface area contributed by atoms with Crippen LogP contribution in [0.3, 0.4) is 0 Å². The van der Waals surface area contributed by atoms with Crippen molar-refractivity contribution in [1.82, 2.24) is 44.0 Å². The van der Waals surface area contributed by atoms with Gasteiger partial charge >= 0.3 is 45.7 Å². The summed E-state index contributed by atoms with van der Waals surface area (Å²) in [5.74, 6) is 4.08. The molecule has 0 spiro atoms. The summed E-state index contributed by atoms with van der Waals surface area (Å²) in [7, 11) is -1.65. The van der Waals surface area contributed by atoms with E-state index in [1.807, 2.05) is 13.8 Å². The smallest absolute Gasteiger partial charge is 0.402 e. The van der Waals surface area contributed by atoms with Gasteiger partial charge in [0.25, 0.3) is 0 Å². The average Bonchev–Trinajstić information content (AvgIpc) is 4.14. The van der Waals surface area contributed by atoms with E-state index < -0.39 is 17.3 Å². The first-order chi connectivity index (χ1) is 34.1. The molecule has 0 aliphatic heterocycles. The van der Waals surface area contributed by atoms with Gasteiger partial charge in [0.15, 0.2) is 0 Å². The van der Waals surface area contributed by atoms with Crippen molar-refractivity contribution in [1.29, 1.82) is 0 Å². The van der Waals surface area contributed by atoms with E-state index in [2.05, 4.69) is 115 Å². The van der Waals surface area contributed by atoms with E-state index in [0.29, 0.717) is 34.0 Å². The zero-order valence-electron chi connectivity index (χ0n) is 40.9. The van der Waals surface area contributed by atoms with Crippen LogP contribution in [0.15, 0.2) is 73.6 Å². The number of nitrogens with zero attached hydrogens (tertiary/aromatic N) is 11. The molecule has 0 saturated heterocycles. The summed E-state index contributed by atoms with van der Waals surface area (Å²) in [6.07, 6.45) is 19.8. The van der Waals surface area contributed by atoms with Crippen LogP contribution in [0, 0.1) is 103 Å². The van der Waals surface area contributed by atoms with E-state index >= 15 is 0 Å². The molecule has 0 amide bonds. The van der Waals surface area contributed by atoms with E-state index in [4.69, 9.17) is 130 Å². The molecule has 3 saturated carbocycles. The van der Waals surface area contributed by atoms with Crippen molar-refractivity contribution in [2.75, 3.05) is 16.0 Å². The molecule has 6 aromatic rings. The molecular formula is C48H55BCl6N11O6Tb. The second-order valence-corrected chi connectivity index (χ2v) is 23.2. The van der Waals surface area contributed by atoms with Crippen LogP contribution in [0.4, 0.5) is 0 Å².